The Hall–Kier alpha value is -5.50. The summed E-state index contributed by atoms with van der Waals surface area (Å²) < 4.78 is 67.6. The van der Waals surface area contributed by atoms with Gasteiger partial charge in [-0.05, 0) is 125 Å². The van der Waals surface area contributed by atoms with Crippen LogP contribution in [-0.4, -0.2) is 71.6 Å². The molecule has 4 aromatic heterocycles. The van der Waals surface area contributed by atoms with Crippen LogP contribution in [0.1, 0.15) is 61.0 Å². The van der Waals surface area contributed by atoms with E-state index >= 15 is 0 Å². The quantitative estimate of drug-likeness (QED) is 0.0982. The lowest BCUT2D eigenvalue weighted by Gasteiger charge is -2.15. The normalized spacial score (nSPS) is 19.3. The number of pyridine rings is 2. The van der Waals surface area contributed by atoms with Gasteiger partial charge in [0.1, 0.15) is 11.6 Å². The second kappa shape index (κ2) is 17.2. The van der Waals surface area contributed by atoms with Gasteiger partial charge in [-0.25, -0.2) is 36.2 Å². The average molecular weight is 857 g/mol. The summed E-state index contributed by atoms with van der Waals surface area (Å²) in [6.45, 7) is 7.44. The van der Waals surface area contributed by atoms with E-state index in [1.807, 2.05) is 39.8 Å². The van der Waals surface area contributed by atoms with Crippen LogP contribution in [0.15, 0.2) is 91.9 Å². The molecule has 0 radical (unpaired) electrons. The highest BCUT2D eigenvalue weighted by Crippen LogP contribution is 2.35. The Morgan fingerprint density at radius 2 is 0.983 bits per heavy atom. The summed E-state index contributed by atoms with van der Waals surface area (Å²) in [6, 6.07) is 16.6. The zero-order chi connectivity index (χ0) is 42.9. The maximum Gasteiger partial charge on any atom is 0.240 e. The van der Waals surface area contributed by atoms with E-state index < -0.39 is 32.3 Å². The number of aromatic nitrogens is 4. The first-order chi connectivity index (χ1) is 28.5. The van der Waals surface area contributed by atoms with Gasteiger partial charge in [-0.3, -0.25) is 0 Å². The van der Waals surface area contributed by atoms with Gasteiger partial charge in [-0.2, -0.15) is 0 Å². The predicted molar refractivity (Wildman–Crippen MR) is 226 cm³/mol. The van der Waals surface area contributed by atoms with E-state index in [4.69, 9.17) is 20.5 Å². The third kappa shape index (κ3) is 9.59. The van der Waals surface area contributed by atoms with Gasteiger partial charge in [0.25, 0.3) is 0 Å². The Morgan fingerprint density at radius 3 is 1.32 bits per heavy atom. The number of nitrogen functional groups attached to an aromatic ring is 2. The third-order valence-electron chi connectivity index (χ3n) is 10.7. The lowest BCUT2D eigenvalue weighted by atomic mass is 10.00. The standard InChI is InChI=1S/2C21H24N4O4S/c2*1-12-3-6-17(30(27,28)25-15-4-5-16(26)9-15)10-18(12)14-8-19(21(22)23-11-14)20-7-13(2)24-29-20/h2*3,6-8,10-11,15-16,25-26H,4-5,9H2,1-2H3,(H2,22,23)/t2*15?,16-/m10/s1. The van der Waals surface area contributed by atoms with Crippen molar-refractivity contribution in [2.24, 2.45) is 0 Å². The molecule has 0 aliphatic heterocycles. The molecular formula is C42H48N8O8S2. The number of aliphatic hydroxyl groups excluding tert-OH is 2. The van der Waals surface area contributed by atoms with E-state index in [1.54, 1.807) is 60.9 Å². The summed E-state index contributed by atoms with van der Waals surface area (Å²) in [6.07, 6.45) is 5.64. The van der Waals surface area contributed by atoms with Gasteiger partial charge in [-0.1, -0.05) is 22.4 Å². The summed E-state index contributed by atoms with van der Waals surface area (Å²) in [5.74, 6) is 1.61. The minimum Gasteiger partial charge on any atom is -0.393 e. The van der Waals surface area contributed by atoms with Crippen LogP contribution in [0, 0.1) is 27.7 Å². The molecule has 316 valence electrons. The van der Waals surface area contributed by atoms with Crippen molar-refractivity contribution in [3.8, 4) is 44.9 Å². The number of nitrogens with zero attached hydrogens (tertiary/aromatic N) is 4. The lowest BCUT2D eigenvalue weighted by Crippen LogP contribution is -2.33. The van der Waals surface area contributed by atoms with Crippen molar-refractivity contribution in [1.82, 2.24) is 29.7 Å². The fourth-order valence-corrected chi connectivity index (χ4v) is 10.1. The van der Waals surface area contributed by atoms with Gasteiger partial charge in [-0.15, -0.1) is 0 Å². The highest BCUT2D eigenvalue weighted by molar-refractivity contribution is 7.89. The van der Waals surface area contributed by atoms with Crippen LogP contribution in [0.5, 0.6) is 0 Å². The fraction of sp³-hybridized carbons (Fsp3) is 0.333. The van der Waals surface area contributed by atoms with E-state index in [1.165, 1.54) is 0 Å². The summed E-state index contributed by atoms with van der Waals surface area (Å²) in [4.78, 5) is 8.86. The van der Waals surface area contributed by atoms with Crippen LogP contribution in [0.25, 0.3) is 44.9 Å². The van der Waals surface area contributed by atoms with Gasteiger partial charge in [0.15, 0.2) is 11.5 Å². The summed E-state index contributed by atoms with van der Waals surface area (Å²) >= 11 is 0. The molecule has 2 aromatic carbocycles. The van der Waals surface area contributed by atoms with Crippen molar-refractivity contribution in [3.05, 3.63) is 95.6 Å². The van der Waals surface area contributed by atoms with Crippen molar-refractivity contribution in [3.63, 3.8) is 0 Å². The highest BCUT2D eigenvalue weighted by atomic mass is 32.2. The Labute approximate surface area is 348 Å². The number of rotatable bonds is 10. The van der Waals surface area contributed by atoms with Crippen LogP contribution in [0.3, 0.4) is 0 Å². The zero-order valence-corrected chi connectivity index (χ0v) is 35.2. The maximum absolute atomic E-state index is 12.9. The molecule has 8 N–H and O–H groups in total. The molecule has 2 aliphatic rings. The van der Waals surface area contributed by atoms with Crippen LogP contribution in [-0.2, 0) is 20.0 Å². The third-order valence-corrected chi connectivity index (χ3v) is 13.8. The fourth-order valence-electron chi connectivity index (χ4n) is 7.48. The Morgan fingerprint density at radius 1 is 0.583 bits per heavy atom. The van der Waals surface area contributed by atoms with Gasteiger partial charge in [0.2, 0.25) is 20.0 Å². The molecule has 0 saturated heterocycles. The molecule has 4 atom stereocenters. The minimum atomic E-state index is -3.72. The molecule has 60 heavy (non-hydrogen) atoms. The zero-order valence-electron chi connectivity index (χ0n) is 33.6. The van der Waals surface area contributed by atoms with Crippen molar-refractivity contribution < 1.29 is 36.1 Å². The van der Waals surface area contributed by atoms with Crippen molar-refractivity contribution in [2.75, 3.05) is 11.5 Å². The molecule has 0 bridgehead atoms. The van der Waals surface area contributed by atoms with E-state index in [0.29, 0.717) is 72.8 Å². The number of benzene rings is 2. The summed E-state index contributed by atoms with van der Waals surface area (Å²) in [5, 5.41) is 27.1. The molecule has 0 spiro atoms. The van der Waals surface area contributed by atoms with Gasteiger partial charge in [0.05, 0.1) is 44.5 Å². The number of hydrogen-bond acceptors (Lipinski definition) is 14. The van der Waals surface area contributed by atoms with Crippen LogP contribution >= 0.6 is 0 Å². The number of aryl methyl sites for hydroxylation is 4. The monoisotopic (exact) mass is 856 g/mol. The minimum absolute atomic E-state index is 0.165. The first-order valence-electron chi connectivity index (χ1n) is 19.5. The molecule has 16 nitrogen and oxygen atoms in total. The van der Waals surface area contributed by atoms with E-state index in [2.05, 4.69) is 29.7 Å². The van der Waals surface area contributed by atoms with E-state index in [9.17, 15) is 27.0 Å². The SMILES string of the molecule is Cc1cc(-c2cc(-c3cc(S(=O)(=O)NC4CC[C@@H](O)C4)ccc3C)cnc2N)on1.Cc1cc(-c2cc(-c3cc(S(=O)(=O)NC4CC[C@H](O)C4)ccc3C)cnc2N)on1. The van der Waals surface area contributed by atoms with Crippen molar-refractivity contribution in [2.45, 2.75) is 100 Å². The number of nitrogens with one attached hydrogen (secondary N) is 2. The van der Waals surface area contributed by atoms with E-state index in [-0.39, 0.29) is 21.9 Å². The summed E-state index contributed by atoms with van der Waals surface area (Å²) in [7, 11) is -7.43. The van der Waals surface area contributed by atoms with Crippen LogP contribution in [0.2, 0.25) is 0 Å². The van der Waals surface area contributed by atoms with Gasteiger partial charge in [0, 0.05) is 47.7 Å². The number of nitrogens with two attached hydrogens (primary N) is 2. The molecule has 2 fully saturated rings. The second-order valence-electron chi connectivity index (χ2n) is 15.5. The van der Waals surface area contributed by atoms with Gasteiger partial charge >= 0.3 is 0 Å². The predicted octanol–water partition coefficient (Wildman–Crippen LogP) is 5.59. The molecule has 18 heteroatoms. The van der Waals surface area contributed by atoms with Crippen molar-refractivity contribution >= 4 is 31.7 Å². The number of hydrogen-bond donors (Lipinski definition) is 6. The van der Waals surface area contributed by atoms with Gasteiger partial charge < -0.3 is 30.7 Å². The highest BCUT2D eigenvalue weighted by Gasteiger charge is 2.29. The first kappa shape index (κ1) is 42.6. The van der Waals surface area contributed by atoms with Crippen molar-refractivity contribution in [1.29, 1.82) is 0 Å². The Kier molecular flexibility index (Phi) is 12.2. The second-order valence-corrected chi connectivity index (χ2v) is 18.9. The van der Waals surface area contributed by atoms with E-state index in [0.717, 1.165) is 44.8 Å². The largest absolute Gasteiger partial charge is 0.393 e. The van der Waals surface area contributed by atoms with Crippen LogP contribution in [0.4, 0.5) is 11.6 Å². The lowest BCUT2D eigenvalue weighted by molar-refractivity contribution is 0.180. The maximum atomic E-state index is 12.9. The molecule has 4 heterocycles. The molecule has 8 rings (SSSR count). The molecular weight excluding hydrogens is 809 g/mol. The average Bonchev–Trinajstić information content (AvgIpc) is 4.02. The number of anilines is 2. The van der Waals surface area contributed by atoms with Crippen LogP contribution < -0.4 is 20.9 Å². The Balaban J connectivity index is 0.000000181. The number of sulfonamides is 2. The molecule has 0 amide bonds. The topological polar surface area (TPSA) is 263 Å². The first-order valence-corrected chi connectivity index (χ1v) is 22.4. The number of aliphatic hydroxyl groups is 2. The molecule has 2 aliphatic carbocycles. The Bertz CT molecular complexity index is 2570. The smallest absolute Gasteiger partial charge is 0.240 e. The molecule has 6 aromatic rings. The molecule has 2 unspecified atom stereocenters. The summed E-state index contributed by atoms with van der Waals surface area (Å²) in [5.41, 5.74) is 19.4. The molecule has 2 saturated carbocycles.